The summed E-state index contributed by atoms with van der Waals surface area (Å²) in [5.41, 5.74) is 0.0332. The summed E-state index contributed by atoms with van der Waals surface area (Å²) in [7, 11) is 0. The summed E-state index contributed by atoms with van der Waals surface area (Å²) in [6.07, 6.45) is 4.09. The molecule has 1 atom stereocenters. The standard InChI is InChI=1S/C14H14ClFN4O/c15-9-4-5-10(11(16)7-9)14(21)20-6-2-1-3-12(20)13-17-8-18-19-13/h4-5,7-8,12H,1-3,6H2,(H,17,18,19). The Labute approximate surface area is 126 Å². The van der Waals surface area contributed by atoms with Crippen LogP contribution >= 0.6 is 11.6 Å². The van der Waals surface area contributed by atoms with Gasteiger partial charge in [-0.3, -0.25) is 9.89 Å². The van der Waals surface area contributed by atoms with E-state index in [2.05, 4.69) is 15.2 Å². The first-order chi connectivity index (χ1) is 10.2. The number of aromatic amines is 1. The maximum atomic E-state index is 14.0. The van der Waals surface area contributed by atoms with Crippen molar-refractivity contribution in [2.24, 2.45) is 0 Å². The molecule has 1 saturated heterocycles. The van der Waals surface area contributed by atoms with Gasteiger partial charge in [-0.05, 0) is 37.5 Å². The van der Waals surface area contributed by atoms with E-state index in [-0.39, 0.29) is 22.5 Å². The van der Waals surface area contributed by atoms with Gasteiger partial charge in [0.1, 0.15) is 18.0 Å². The van der Waals surface area contributed by atoms with Crippen molar-refractivity contribution >= 4 is 17.5 Å². The van der Waals surface area contributed by atoms with E-state index < -0.39 is 5.82 Å². The Morgan fingerprint density at radius 2 is 2.29 bits per heavy atom. The Morgan fingerprint density at radius 3 is 3.00 bits per heavy atom. The molecular formula is C14H14ClFN4O. The molecule has 1 aromatic carbocycles. The van der Waals surface area contributed by atoms with Crippen LogP contribution in [0, 0.1) is 5.82 Å². The van der Waals surface area contributed by atoms with Crippen LogP contribution < -0.4 is 0 Å². The first-order valence-corrected chi connectivity index (χ1v) is 7.16. The number of hydrogen-bond donors (Lipinski definition) is 1. The fourth-order valence-electron chi connectivity index (χ4n) is 2.65. The largest absolute Gasteiger partial charge is 0.328 e. The van der Waals surface area contributed by atoms with Crippen molar-refractivity contribution < 1.29 is 9.18 Å². The third-order valence-electron chi connectivity index (χ3n) is 3.67. The van der Waals surface area contributed by atoms with Crippen LogP contribution in [0.25, 0.3) is 0 Å². The van der Waals surface area contributed by atoms with Gasteiger partial charge in [-0.2, -0.15) is 5.10 Å². The summed E-state index contributed by atoms with van der Waals surface area (Å²) >= 11 is 5.73. The molecule has 1 unspecified atom stereocenters. The fraction of sp³-hybridized carbons (Fsp3) is 0.357. The second-order valence-electron chi connectivity index (χ2n) is 5.01. The van der Waals surface area contributed by atoms with Gasteiger partial charge in [-0.25, -0.2) is 9.37 Å². The van der Waals surface area contributed by atoms with Crippen LogP contribution in [0.15, 0.2) is 24.5 Å². The van der Waals surface area contributed by atoms with Crippen molar-refractivity contribution in [2.45, 2.75) is 25.3 Å². The third kappa shape index (κ3) is 2.76. The highest BCUT2D eigenvalue weighted by molar-refractivity contribution is 6.30. The number of carbonyl (C=O) groups excluding carboxylic acids is 1. The first kappa shape index (κ1) is 14.0. The number of piperidine rings is 1. The van der Waals surface area contributed by atoms with Crippen LogP contribution in [-0.4, -0.2) is 32.5 Å². The molecule has 1 fully saturated rings. The van der Waals surface area contributed by atoms with Gasteiger partial charge < -0.3 is 4.90 Å². The Bertz CT molecular complexity index is 646. The summed E-state index contributed by atoms with van der Waals surface area (Å²) in [6.45, 7) is 0.576. The lowest BCUT2D eigenvalue weighted by molar-refractivity contribution is 0.0595. The quantitative estimate of drug-likeness (QED) is 0.927. The number of carbonyl (C=O) groups is 1. The smallest absolute Gasteiger partial charge is 0.257 e. The molecule has 1 aliphatic heterocycles. The molecule has 0 bridgehead atoms. The molecule has 7 heteroatoms. The number of benzene rings is 1. The summed E-state index contributed by atoms with van der Waals surface area (Å²) in [5, 5.41) is 6.90. The predicted octanol–water partition coefficient (Wildman–Crippen LogP) is 2.96. The number of hydrogen-bond acceptors (Lipinski definition) is 3. The molecule has 1 amide bonds. The highest BCUT2D eigenvalue weighted by atomic mass is 35.5. The minimum atomic E-state index is -0.602. The zero-order valence-corrected chi connectivity index (χ0v) is 12.0. The first-order valence-electron chi connectivity index (χ1n) is 6.78. The number of aromatic nitrogens is 3. The van der Waals surface area contributed by atoms with E-state index in [4.69, 9.17) is 11.6 Å². The van der Waals surface area contributed by atoms with E-state index in [0.717, 1.165) is 25.3 Å². The number of rotatable bonds is 2. The van der Waals surface area contributed by atoms with E-state index in [1.54, 1.807) is 4.90 Å². The van der Waals surface area contributed by atoms with Crippen molar-refractivity contribution in [3.05, 3.63) is 46.8 Å². The molecule has 21 heavy (non-hydrogen) atoms. The van der Waals surface area contributed by atoms with Crippen molar-refractivity contribution in [3.8, 4) is 0 Å². The third-order valence-corrected chi connectivity index (χ3v) is 3.91. The van der Waals surface area contributed by atoms with Crippen molar-refractivity contribution in [2.75, 3.05) is 6.54 Å². The highest BCUT2D eigenvalue weighted by Gasteiger charge is 2.31. The van der Waals surface area contributed by atoms with Gasteiger partial charge in [0.05, 0.1) is 11.6 Å². The lowest BCUT2D eigenvalue weighted by Gasteiger charge is -2.34. The molecule has 2 aromatic rings. The molecule has 0 spiro atoms. The minimum absolute atomic E-state index is 0.0332. The van der Waals surface area contributed by atoms with E-state index in [1.165, 1.54) is 18.5 Å². The molecule has 0 radical (unpaired) electrons. The fourth-order valence-corrected chi connectivity index (χ4v) is 2.81. The van der Waals surface area contributed by atoms with E-state index in [0.29, 0.717) is 12.4 Å². The van der Waals surface area contributed by atoms with Crippen molar-refractivity contribution in [3.63, 3.8) is 0 Å². The van der Waals surface area contributed by atoms with Crippen LogP contribution in [0.5, 0.6) is 0 Å². The van der Waals surface area contributed by atoms with E-state index in [9.17, 15) is 9.18 Å². The van der Waals surface area contributed by atoms with Crippen molar-refractivity contribution in [1.82, 2.24) is 20.1 Å². The molecule has 5 nitrogen and oxygen atoms in total. The Kier molecular flexibility index (Phi) is 3.88. The minimum Gasteiger partial charge on any atom is -0.328 e. The number of nitrogens with one attached hydrogen (secondary N) is 1. The van der Waals surface area contributed by atoms with Gasteiger partial charge in [-0.15, -0.1) is 0 Å². The second-order valence-corrected chi connectivity index (χ2v) is 5.44. The number of H-pyrrole nitrogens is 1. The maximum absolute atomic E-state index is 14.0. The molecule has 3 rings (SSSR count). The summed E-state index contributed by atoms with van der Waals surface area (Å²) in [6, 6.07) is 3.91. The maximum Gasteiger partial charge on any atom is 0.257 e. The van der Waals surface area contributed by atoms with Gasteiger partial charge >= 0.3 is 0 Å². The molecule has 1 aliphatic rings. The normalized spacial score (nSPS) is 18.8. The molecule has 1 aromatic heterocycles. The lowest BCUT2D eigenvalue weighted by Crippen LogP contribution is -2.39. The van der Waals surface area contributed by atoms with Crippen LogP contribution in [0.2, 0.25) is 5.02 Å². The van der Waals surface area contributed by atoms with Crippen molar-refractivity contribution in [1.29, 1.82) is 0 Å². The topological polar surface area (TPSA) is 61.9 Å². The number of halogens is 2. The Hall–Kier alpha value is -1.95. The molecule has 110 valence electrons. The Balaban J connectivity index is 1.91. The van der Waals surface area contributed by atoms with Crippen LogP contribution in [0.1, 0.15) is 41.5 Å². The van der Waals surface area contributed by atoms with Gasteiger partial charge in [0.15, 0.2) is 0 Å². The molecule has 0 saturated carbocycles. The van der Waals surface area contributed by atoms with Gasteiger partial charge in [0.2, 0.25) is 0 Å². The molecule has 2 heterocycles. The highest BCUT2D eigenvalue weighted by Crippen LogP contribution is 2.30. The summed E-state index contributed by atoms with van der Waals surface area (Å²) in [5.74, 6) is -0.308. The molecule has 0 aliphatic carbocycles. The number of amides is 1. The van der Waals surface area contributed by atoms with Crippen LogP contribution in [0.3, 0.4) is 0 Å². The monoisotopic (exact) mass is 308 g/mol. The molecule has 1 N–H and O–H groups in total. The van der Waals surface area contributed by atoms with Gasteiger partial charge in [0.25, 0.3) is 5.91 Å². The second kappa shape index (κ2) is 5.81. The average molecular weight is 309 g/mol. The summed E-state index contributed by atoms with van der Waals surface area (Å²) in [4.78, 5) is 18.4. The zero-order chi connectivity index (χ0) is 14.8. The SMILES string of the molecule is O=C(c1ccc(Cl)cc1F)N1CCCCC1c1ncn[nH]1. The molecular weight excluding hydrogens is 295 g/mol. The van der Waals surface area contributed by atoms with E-state index >= 15 is 0 Å². The van der Waals surface area contributed by atoms with E-state index in [1.807, 2.05) is 0 Å². The zero-order valence-electron chi connectivity index (χ0n) is 11.2. The average Bonchev–Trinajstić information content (AvgIpc) is 3.01. The Morgan fingerprint density at radius 1 is 1.43 bits per heavy atom. The van der Waals surface area contributed by atoms with Gasteiger partial charge in [-0.1, -0.05) is 11.6 Å². The summed E-state index contributed by atoms with van der Waals surface area (Å²) < 4.78 is 14.0. The predicted molar refractivity (Wildman–Crippen MR) is 75.4 cm³/mol. The van der Waals surface area contributed by atoms with Crippen LogP contribution in [-0.2, 0) is 0 Å². The number of nitrogens with zero attached hydrogens (tertiary/aromatic N) is 3. The van der Waals surface area contributed by atoms with Gasteiger partial charge in [0, 0.05) is 11.6 Å². The van der Waals surface area contributed by atoms with Crippen LogP contribution in [0.4, 0.5) is 4.39 Å². The number of likely N-dealkylation sites (tertiary alicyclic amines) is 1. The lowest BCUT2D eigenvalue weighted by atomic mass is 10.00.